The number of allylic oxidation sites excluding steroid dienone is 4. The van der Waals surface area contributed by atoms with Crippen molar-refractivity contribution in [3.8, 4) is 5.75 Å². The molecule has 0 saturated carbocycles. The molecule has 10 heteroatoms. The maximum absolute atomic E-state index is 12.7. The minimum atomic E-state index is -2.45. The number of halogens is 4. The average Bonchev–Trinajstić information content (AvgIpc) is 2.51. The zero-order valence-corrected chi connectivity index (χ0v) is 10.9. The molecule has 0 unspecified atom stereocenters. The molecule has 0 spiro atoms. The summed E-state index contributed by atoms with van der Waals surface area (Å²) >= 11 is 0. The lowest BCUT2D eigenvalue weighted by Gasteiger charge is -2.06. The molecule has 116 valence electrons. The van der Waals surface area contributed by atoms with E-state index >= 15 is 0 Å². The third kappa shape index (κ3) is 4.85. The standard InChI is InChI=1S/C6H3BF4O3.C6H6N2/c8-2-1-3(14-7(12)13)5(10)6(11)4(2)9;7-8-6-4-2-1-3-5-6/h1,12-13H;1-4H,5H2. The summed E-state index contributed by atoms with van der Waals surface area (Å²) in [5.41, 5.74) is 8.91. The molecule has 0 aliphatic heterocycles. The lowest BCUT2D eigenvalue weighted by atomic mass is 10.2. The van der Waals surface area contributed by atoms with Gasteiger partial charge in [-0.3, -0.25) is 0 Å². The van der Waals surface area contributed by atoms with Gasteiger partial charge in [0.15, 0.2) is 11.6 Å². The smallest absolute Gasteiger partial charge is 0.509 e. The SMILES string of the molecule is OB(O)Oc1cc(F)c(F)c(F)c1F.[N-]=[N+]=C1C=CC=CC1. The Hall–Kier alpha value is -2.42. The summed E-state index contributed by atoms with van der Waals surface area (Å²) in [5, 5.41) is 16.4. The van der Waals surface area contributed by atoms with Gasteiger partial charge in [0, 0.05) is 12.1 Å². The monoisotopic (exact) mass is 316 g/mol. The third-order valence-corrected chi connectivity index (χ3v) is 2.29. The maximum atomic E-state index is 12.7. The van der Waals surface area contributed by atoms with E-state index in [2.05, 4.69) is 9.44 Å². The first kappa shape index (κ1) is 17.6. The number of benzene rings is 1. The van der Waals surface area contributed by atoms with Gasteiger partial charge < -0.3 is 20.2 Å². The summed E-state index contributed by atoms with van der Waals surface area (Å²) < 4.78 is 53.8. The van der Waals surface area contributed by atoms with Crippen molar-refractivity contribution in [2.75, 3.05) is 0 Å². The lowest BCUT2D eigenvalue weighted by molar-refractivity contribution is -0.00537. The quantitative estimate of drug-likeness (QED) is 0.218. The van der Waals surface area contributed by atoms with Crippen molar-refractivity contribution in [1.29, 1.82) is 0 Å². The number of nitrogens with zero attached hydrogens (tertiary/aromatic N) is 2. The second kappa shape index (κ2) is 8.13. The van der Waals surface area contributed by atoms with Gasteiger partial charge in [-0.1, -0.05) is 18.2 Å². The molecular weight excluding hydrogens is 307 g/mol. The number of rotatable bonds is 2. The minimum absolute atomic E-state index is 0.160. The van der Waals surface area contributed by atoms with Crippen LogP contribution in [-0.2, 0) is 0 Å². The largest absolute Gasteiger partial charge is 0.707 e. The number of hydrogen-bond acceptors (Lipinski definition) is 3. The molecule has 1 aliphatic rings. The van der Waals surface area contributed by atoms with E-state index in [-0.39, 0.29) is 6.07 Å². The van der Waals surface area contributed by atoms with E-state index in [0.29, 0.717) is 5.71 Å². The van der Waals surface area contributed by atoms with E-state index in [9.17, 15) is 17.6 Å². The average molecular weight is 316 g/mol. The Balaban J connectivity index is 0.000000255. The van der Waals surface area contributed by atoms with Crippen LogP contribution >= 0.6 is 0 Å². The van der Waals surface area contributed by atoms with Crippen LogP contribution in [0, 0.1) is 23.3 Å². The van der Waals surface area contributed by atoms with Crippen molar-refractivity contribution in [3.05, 3.63) is 59.2 Å². The summed E-state index contributed by atoms with van der Waals surface area (Å²) in [6.07, 6.45) is 8.23. The lowest BCUT2D eigenvalue weighted by Crippen LogP contribution is -2.21. The Morgan fingerprint density at radius 3 is 2.23 bits per heavy atom. The molecule has 0 amide bonds. The first-order valence-electron chi connectivity index (χ1n) is 5.76. The van der Waals surface area contributed by atoms with Crippen LogP contribution in [0.15, 0.2) is 30.4 Å². The van der Waals surface area contributed by atoms with Gasteiger partial charge in [0.05, 0.1) is 6.42 Å². The van der Waals surface area contributed by atoms with Crippen LogP contribution in [0.5, 0.6) is 5.75 Å². The molecule has 0 atom stereocenters. The van der Waals surface area contributed by atoms with Gasteiger partial charge in [-0.15, -0.1) is 0 Å². The molecule has 0 fully saturated rings. The predicted octanol–water partition coefficient (Wildman–Crippen LogP) is 1.76. The van der Waals surface area contributed by atoms with Crippen LogP contribution in [0.25, 0.3) is 5.53 Å². The van der Waals surface area contributed by atoms with Gasteiger partial charge in [-0.25, -0.2) is 13.2 Å². The second-order valence-electron chi connectivity index (χ2n) is 3.83. The summed E-state index contributed by atoms with van der Waals surface area (Å²) in [4.78, 5) is 3.03. The zero-order valence-electron chi connectivity index (χ0n) is 10.9. The highest BCUT2D eigenvalue weighted by Crippen LogP contribution is 2.24. The molecule has 0 aromatic heterocycles. The summed E-state index contributed by atoms with van der Waals surface area (Å²) in [6.45, 7) is 0. The molecule has 0 bridgehead atoms. The normalized spacial score (nSPS) is 12.4. The summed E-state index contributed by atoms with van der Waals surface area (Å²) in [6, 6.07) is 0.160. The molecule has 2 rings (SSSR count). The van der Waals surface area contributed by atoms with Crippen LogP contribution in [0.1, 0.15) is 6.42 Å². The van der Waals surface area contributed by atoms with Crippen LogP contribution in [-0.4, -0.2) is 27.9 Å². The van der Waals surface area contributed by atoms with Crippen molar-refractivity contribution in [2.45, 2.75) is 6.42 Å². The Kier molecular flexibility index (Phi) is 6.52. The molecule has 1 aromatic rings. The van der Waals surface area contributed by atoms with Crippen molar-refractivity contribution in [2.24, 2.45) is 0 Å². The van der Waals surface area contributed by atoms with E-state index < -0.39 is 36.3 Å². The van der Waals surface area contributed by atoms with Crippen LogP contribution in [0.4, 0.5) is 17.6 Å². The predicted molar refractivity (Wildman–Crippen MR) is 68.6 cm³/mol. The Bertz CT molecular complexity index is 658. The number of hydrogen-bond donors (Lipinski definition) is 2. The van der Waals surface area contributed by atoms with Crippen molar-refractivity contribution < 1.29 is 37.1 Å². The van der Waals surface area contributed by atoms with Gasteiger partial charge in [-0.2, -0.15) is 9.18 Å². The topological polar surface area (TPSA) is 86.1 Å². The van der Waals surface area contributed by atoms with Crippen LogP contribution in [0.3, 0.4) is 0 Å². The van der Waals surface area contributed by atoms with Gasteiger partial charge in [0.2, 0.25) is 11.6 Å². The minimum Gasteiger partial charge on any atom is -0.509 e. The highest BCUT2D eigenvalue weighted by Gasteiger charge is 2.23. The Morgan fingerprint density at radius 1 is 1.09 bits per heavy atom. The molecule has 1 aromatic carbocycles. The molecule has 0 heterocycles. The van der Waals surface area contributed by atoms with E-state index in [1.54, 1.807) is 6.08 Å². The van der Waals surface area contributed by atoms with E-state index in [1.807, 2.05) is 18.2 Å². The first-order valence-corrected chi connectivity index (χ1v) is 5.76. The fourth-order valence-corrected chi connectivity index (χ4v) is 1.33. The van der Waals surface area contributed by atoms with Crippen molar-refractivity contribution >= 4 is 13.0 Å². The molecule has 5 nitrogen and oxygen atoms in total. The Morgan fingerprint density at radius 2 is 1.77 bits per heavy atom. The Labute approximate surface area is 122 Å². The van der Waals surface area contributed by atoms with E-state index in [1.165, 1.54) is 0 Å². The highest BCUT2D eigenvalue weighted by molar-refractivity contribution is 6.33. The van der Waals surface area contributed by atoms with Gasteiger partial charge in [0.1, 0.15) is 5.75 Å². The van der Waals surface area contributed by atoms with Gasteiger partial charge in [-0.05, 0) is 0 Å². The molecule has 0 radical (unpaired) electrons. The van der Waals surface area contributed by atoms with E-state index in [0.717, 1.165) is 6.42 Å². The first-order chi connectivity index (χ1) is 10.4. The van der Waals surface area contributed by atoms with Crippen LogP contribution < -0.4 is 4.65 Å². The fourth-order valence-electron chi connectivity index (χ4n) is 1.33. The molecule has 22 heavy (non-hydrogen) atoms. The maximum Gasteiger partial charge on any atom is 0.707 e. The van der Waals surface area contributed by atoms with Gasteiger partial charge in [0.25, 0.3) is 5.71 Å². The molecule has 2 N–H and O–H groups in total. The zero-order chi connectivity index (χ0) is 16.7. The summed E-state index contributed by atoms with van der Waals surface area (Å²) in [5.74, 6) is -8.74. The fraction of sp³-hybridized carbons (Fsp3) is 0.0833. The van der Waals surface area contributed by atoms with Crippen molar-refractivity contribution in [1.82, 2.24) is 0 Å². The van der Waals surface area contributed by atoms with E-state index in [4.69, 9.17) is 15.6 Å². The summed E-state index contributed by atoms with van der Waals surface area (Å²) in [7, 11) is -2.45. The second-order valence-corrected chi connectivity index (χ2v) is 3.83. The highest BCUT2D eigenvalue weighted by atomic mass is 19.2. The molecule has 1 aliphatic carbocycles. The molecule has 0 saturated heterocycles. The van der Waals surface area contributed by atoms with Gasteiger partial charge >= 0.3 is 7.32 Å². The van der Waals surface area contributed by atoms with Crippen molar-refractivity contribution in [3.63, 3.8) is 0 Å². The third-order valence-electron chi connectivity index (χ3n) is 2.29. The molecular formula is C12H9BF4N2O3. The van der Waals surface area contributed by atoms with Crippen LogP contribution in [0.2, 0.25) is 0 Å².